The molecule has 0 saturated carbocycles. The Hall–Kier alpha value is -2.24. The molecule has 0 N–H and O–H groups in total. The average molecular weight is 346 g/mol. The van der Waals surface area contributed by atoms with Crippen LogP contribution in [0.5, 0.6) is 0 Å². The topological polar surface area (TPSA) is 96.2 Å². The van der Waals surface area contributed by atoms with Gasteiger partial charge in [-0.15, -0.1) is 0 Å². The minimum absolute atomic E-state index is 0.271. The van der Waals surface area contributed by atoms with Crippen LogP contribution >= 0.6 is 0 Å². The van der Waals surface area contributed by atoms with E-state index in [-0.39, 0.29) is 5.92 Å². The van der Waals surface area contributed by atoms with E-state index in [4.69, 9.17) is 4.18 Å². The third-order valence-corrected chi connectivity index (χ3v) is 4.62. The molecule has 3 rings (SSSR count). The molecular formula is C16H18N4O3S. The summed E-state index contributed by atoms with van der Waals surface area (Å²) < 4.78 is 28.1. The van der Waals surface area contributed by atoms with E-state index in [0.717, 1.165) is 18.5 Å². The van der Waals surface area contributed by atoms with Gasteiger partial charge in [0.1, 0.15) is 17.1 Å². The Balaban J connectivity index is 1.99. The van der Waals surface area contributed by atoms with E-state index in [1.54, 1.807) is 18.5 Å². The van der Waals surface area contributed by atoms with E-state index < -0.39 is 16.2 Å². The van der Waals surface area contributed by atoms with Gasteiger partial charge in [0.15, 0.2) is 0 Å². The zero-order valence-electron chi connectivity index (χ0n) is 13.5. The van der Waals surface area contributed by atoms with Crippen LogP contribution in [0.4, 0.5) is 5.69 Å². The van der Waals surface area contributed by atoms with Gasteiger partial charge >= 0.3 is 0 Å². The molecule has 2 atom stereocenters. The standard InChI is InChI=1S/C16H18N4O3S/c1-11-7-13(23-24(2,21)22)10-20(9-11)14-4-3-12(8-17)15-16(14)19-6-5-18-15/h3-6,11,13H,7,9-10H2,1-2H3. The van der Waals surface area contributed by atoms with Gasteiger partial charge in [0, 0.05) is 25.5 Å². The lowest BCUT2D eigenvalue weighted by atomic mass is 9.97. The van der Waals surface area contributed by atoms with Crippen LogP contribution in [0.3, 0.4) is 0 Å². The van der Waals surface area contributed by atoms with Crippen LogP contribution in [0.15, 0.2) is 24.5 Å². The molecule has 0 amide bonds. The zero-order valence-corrected chi connectivity index (χ0v) is 14.3. The summed E-state index contributed by atoms with van der Waals surface area (Å²) in [6.07, 6.45) is 4.50. The fourth-order valence-electron chi connectivity index (χ4n) is 3.20. The van der Waals surface area contributed by atoms with Crippen molar-refractivity contribution in [1.29, 1.82) is 5.26 Å². The molecule has 2 unspecified atom stereocenters. The summed E-state index contributed by atoms with van der Waals surface area (Å²) in [7, 11) is -3.50. The highest BCUT2D eigenvalue weighted by atomic mass is 32.2. The Morgan fingerprint density at radius 1 is 1.25 bits per heavy atom. The summed E-state index contributed by atoms with van der Waals surface area (Å²) in [4.78, 5) is 10.7. The fraction of sp³-hybridized carbons (Fsp3) is 0.438. The van der Waals surface area contributed by atoms with Crippen LogP contribution in [0, 0.1) is 17.2 Å². The number of nitriles is 1. The first kappa shape index (κ1) is 16.6. The third-order valence-electron chi connectivity index (χ3n) is 4.00. The lowest BCUT2D eigenvalue weighted by molar-refractivity contribution is 0.165. The number of fused-ring (bicyclic) bond motifs is 1. The molecule has 0 spiro atoms. The lowest BCUT2D eigenvalue weighted by Crippen LogP contribution is -2.44. The average Bonchev–Trinajstić information content (AvgIpc) is 2.51. The first-order valence-corrected chi connectivity index (χ1v) is 9.46. The predicted molar refractivity (Wildman–Crippen MR) is 90.0 cm³/mol. The summed E-state index contributed by atoms with van der Waals surface area (Å²) in [5, 5.41) is 9.23. The van der Waals surface area contributed by atoms with Crippen LogP contribution in [-0.2, 0) is 14.3 Å². The molecule has 126 valence electrons. The summed E-state index contributed by atoms with van der Waals surface area (Å²) >= 11 is 0. The molecule has 1 aromatic heterocycles. The van der Waals surface area contributed by atoms with Crippen molar-refractivity contribution in [2.24, 2.45) is 5.92 Å². The Morgan fingerprint density at radius 2 is 1.96 bits per heavy atom. The van der Waals surface area contributed by atoms with Gasteiger partial charge in [0.2, 0.25) is 0 Å². The number of benzene rings is 1. The first-order chi connectivity index (χ1) is 11.4. The van der Waals surface area contributed by atoms with Crippen LogP contribution in [-0.4, -0.2) is 43.8 Å². The summed E-state index contributed by atoms with van der Waals surface area (Å²) in [6, 6.07) is 5.68. The molecular weight excluding hydrogens is 328 g/mol. The van der Waals surface area contributed by atoms with Crippen molar-refractivity contribution < 1.29 is 12.6 Å². The SMILES string of the molecule is CC1CC(OS(C)(=O)=O)CN(c2ccc(C#N)c3nccnc23)C1. The Labute approximate surface area is 141 Å². The number of hydrogen-bond donors (Lipinski definition) is 0. The number of piperidine rings is 1. The number of aromatic nitrogens is 2. The second-order valence-corrected chi connectivity index (χ2v) is 7.77. The number of anilines is 1. The Bertz CT molecular complexity index is 907. The van der Waals surface area contributed by atoms with E-state index >= 15 is 0 Å². The van der Waals surface area contributed by atoms with Crippen molar-refractivity contribution in [1.82, 2.24) is 9.97 Å². The molecule has 2 heterocycles. The summed E-state index contributed by atoms with van der Waals surface area (Å²) in [5.41, 5.74) is 2.50. The number of nitrogens with zero attached hydrogens (tertiary/aromatic N) is 4. The summed E-state index contributed by atoms with van der Waals surface area (Å²) in [6.45, 7) is 3.28. The van der Waals surface area contributed by atoms with Crippen molar-refractivity contribution >= 4 is 26.8 Å². The molecule has 8 heteroatoms. The molecule has 0 bridgehead atoms. The third kappa shape index (κ3) is 3.47. The van der Waals surface area contributed by atoms with Gasteiger partial charge in [-0.2, -0.15) is 13.7 Å². The van der Waals surface area contributed by atoms with Crippen molar-refractivity contribution in [2.45, 2.75) is 19.4 Å². The van der Waals surface area contributed by atoms with Crippen molar-refractivity contribution in [2.75, 3.05) is 24.2 Å². The molecule has 0 aliphatic carbocycles. The maximum atomic E-state index is 11.4. The molecule has 1 aromatic carbocycles. The van der Waals surface area contributed by atoms with E-state index in [1.165, 1.54) is 0 Å². The maximum absolute atomic E-state index is 11.4. The van der Waals surface area contributed by atoms with Crippen LogP contribution in [0.1, 0.15) is 18.9 Å². The Morgan fingerprint density at radius 3 is 2.62 bits per heavy atom. The molecule has 1 aliphatic heterocycles. The van der Waals surface area contributed by atoms with E-state index in [1.807, 2.05) is 6.07 Å². The quantitative estimate of drug-likeness (QED) is 0.780. The van der Waals surface area contributed by atoms with Crippen LogP contribution < -0.4 is 4.90 Å². The zero-order chi connectivity index (χ0) is 17.3. The van der Waals surface area contributed by atoms with Gasteiger partial charge in [-0.1, -0.05) is 6.92 Å². The van der Waals surface area contributed by atoms with Gasteiger partial charge < -0.3 is 4.90 Å². The fourth-order valence-corrected chi connectivity index (χ4v) is 3.83. The van der Waals surface area contributed by atoms with Gasteiger partial charge in [0.05, 0.1) is 23.6 Å². The lowest BCUT2D eigenvalue weighted by Gasteiger charge is -2.37. The van der Waals surface area contributed by atoms with E-state index in [2.05, 4.69) is 27.9 Å². The second-order valence-electron chi connectivity index (χ2n) is 6.17. The monoisotopic (exact) mass is 346 g/mol. The highest BCUT2D eigenvalue weighted by Crippen LogP contribution is 2.30. The van der Waals surface area contributed by atoms with Gasteiger partial charge in [-0.25, -0.2) is 0 Å². The summed E-state index contributed by atoms with van der Waals surface area (Å²) in [5.74, 6) is 0.271. The molecule has 1 fully saturated rings. The maximum Gasteiger partial charge on any atom is 0.264 e. The largest absolute Gasteiger partial charge is 0.367 e. The van der Waals surface area contributed by atoms with Gasteiger partial charge in [-0.3, -0.25) is 14.2 Å². The molecule has 7 nitrogen and oxygen atoms in total. The molecule has 1 saturated heterocycles. The van der Waals surface area contributed by atoms with Crippen molar-refractivity contribution in [3.8, 4) is 6.07 Å². The highest BCUT2D eigenvalue weighted by Gasteiger charge is 2.29. The van der Waals surface area contributed by atoms with Crippen molar-refractivity contribution in [3.05, 3.63) is 30.1 Å². The molecule has 1 aliphatic rings. The molecule has 2 aromatic rings. The van der Waals surface area contributed by atoms with Gasteiger partial charge in [0.25, 0.3) is 10.1 Å². The molecule has 24 heavy (non-hydrogen) atoms. The minimum Gasteiger partial charge on any atom is -0.367 e. The number of rotatable bonds is 3. The normalized spacial score (nSPS) is 21.6. The van der Waals surface area contributed by atoms with Crippen LogP contribution in [0.2, 0.25) is 0 Å². The van der Waals surface area contributed by atoms with Crippen molar-refractivity contribution in [3.63, 3.8) is 0 Å². The first-order valence-electron chi connectivity index (χ1n) is 7.64. The van der Waals surface area contributed by atoms with Crippen LogP contribution in [0.25, 0.3) is 11.0 Å². The van der Waals surface area contributed by atoms with E-state index in [9.17, 15) is 13.7 Å². The minimum atomic E-state index is -3.50. The highest BCUT2D eigenvalue weighted by molar-refractivity contribution is 7.86. The van der Waals surface area contributed by atoms with Gasteiger partial charge in [-0.05, 0) is 24.5 Å². The van der Waals surface area contributed by atoms with E-state index in [0.29, 0.717) is 29.6 Å². The molecule has 0 radical (unpaired) electrons. The number of hydrogen-bond acceptors (Lipinski definition) is 7. The predicted octanol–water partition coefficient (Wildman–Crippen LogP) is 1.69. The second kappa shape index (κ2) is 6.34. The Kier molecular flexibility index (Phi) is 4.39. The smallest absolute Gasteiger partial charge is 0.264 e.